The Balaban J connectivity index is 2.10. The zero-order valence-corrected chi connectivity index (χ0v) is 13.9. The summed E-state index contributed by atoms with van der Waals surface area (Å²) in [6.45, 7) is 8.61. The molecule has 19 heavy (non-hydrogen) atoms. The van der Waals surface area contributed by atoms with Gasteiger partial charge in [0.2, 0.25) is 0 Å². The van der Waals surface area contributed by atoms with Crippen LogP contribution < -0.4 is 0 Å². The molecular formula is C17H25BrO. The first-order valence-corrected chi connectivity index (χ1v) is 8.31. The molecule has 106 valence electrons. The highest BCUT2D eigenvalue weighted by molar-refractivity contribution is 9.09. The van der Waals surface area contributed by atoms with Crippen LogP contribution in [0.4, 0.5) is 0 Å². The van der Waals surface area contributed by atoms with Crippen LogP contribution >= 0.6 is 15.9 Å². The van der Waals surface area contributed by atoms with E-state index in [0.29, 0.717) is 5.41 Å². The van der Waals surface area contributed by atoms with Gasteiger partial charge in [-0.1, -0.05) is 61.0 Å². The highest BCUT2D eigenvalue weighted by atomic mass is 79.9. The van der Waals surface area contributed by atoms with Crippen LogP contribution in [0.25, 0.3) is 0 Å². The normalized spacial score (nSPS) is 19.4. The van der Waals surface area contributed by atoms with Gasteiger partial charge in [-0.15, -0.1) is 0 Å². The van der Waals surface area contributed by atoms with Crippen LogP contribution in [0.2, 0.25) is 0 Å². The zero-order chi connectivity index (χ0) is 13.9. The fourth-order valence-electron chi connectivity index (χ4n) is 2.72. The van der Waals surface area contributed by atoms with Gasteiger partial charge in [-0.25, -0.2) is 0 Å². The van der Waals surface area contributed by atoms with E-state index in [1.54, 1.807) is 0 Å². The molecule has 0 aromatic heterocycles. The lowest BCUT2D eigenvalue weighted by atomic mass is 9.76. The molecule has 0 radical (unpaired) electrons. The summed E-state index contributed by atoms with van der Waals surface area (Å²) in [5.41, 5.74) is 3.50. The zero-order valence-electron chi connectivity index (χ0n) is 12.3. The standard InChI is InChI=1S/C17H25BrO/c1-16(2,3)15-6-4-14(5-7-15)12-17(13-18)8-10-19-11-9-17/h4-7H,8-13H2,1-3H3. The van der Waals surface area contributed by atoms with Crippen molar-refractivity contribution in [1.82, 2.24) is 0 Å². The molecule has 0 bridgehead atoms. The monoisotopic (exact) mass is 324 g/mol. The molecule has 2 rings (SSSR count). The van der Waals surface area contributed by atoms with Gasteiger partial charge in [0.05, 0.1) is 0 Å². The Hall–Kier alpha value is -0.340. The molecule has 0 saturated carbocycles. The van der Waals surface area contributed by atoms with Crippen LogP contribution in [0.3, 0.4) is 0 Å². The van der Waals surface area contributed by atoms with E-state index in [2.05, 4.69) is 61.0 Å². The molecule has 0 aliphatic carbocycles. The molecule has 1 nitrogen and oxygen atoms in total. The van der Waals surface area contributed by atoms with E-state index in [0.717, 1.165) is 25.0 Å². The topological polar surface area (TPSA) is 9.23 Å². The summed E-state index contributed by atoms with van der Waals surface area (Å²) in [6.07, 6.45) is 3.49. The van der Waals surface area contributed by atoms with Crippen molar-refractivity contribution in [3.63, 3.8) is 0 Å². The van der Waals surface area contributed by atoms with Crippen molar-refractivity contribution in [2.75, 3.05) is 18.5 Å². The van der Waals surface area contributed by atoms with Gasteiger partial charge < -0.3 is 4.74 Å². The van der Waals surface area contributed by atoms with Crippen LogP contribution in [-0.4, -0.2) is 18.5 Å². The molecule has 0 amide bonds. The van der Waals surface area contributed by atoms with Crippen LogP contribution in [0.15, 0.2) is 24.3 Å². The molecule has 1 aliphatic rings. The minimum atomic E-state index is 0.240. The van der Waals surface area contributed by atoms with Gasteiger partial charge in [0.25, 0.3) is 0 Å². The molecular weight excluding hydrogens is 300 g/mol. The van der Waals surface area contributed by atoms with E-state index >= 15 is 0 Å². The Morgan fingerprint density at radius 1 is 1.11 bits per heavy atom. The highest BCUT2D eigenvalue weighted by Gasteiger charge is 2.31. The van der Waals surface area contributed by atoms with Gasteiger partial charge in [0, 0.05) is 18.5 Å². The van der Waals surface area contributed by atoms with E-state index in [4.69, 9.17) is 4.74 Å². The summed E-state index contributed by atoms with van der Waals surface area (Å²) in [6, 6.07) is 9.19. The molecule has 2 heteroatoms. The van der Waals surface area contributed by atoms with Gasteiger partial charge in [0.1, 0.15) is 0 Å². The van der Waals surface area contributed by atoms with Crippen molar-refractivity contribution >= 4 is 15.9 Å². The molecule has 1 aromatic rings. The maximum atomic E-state index is 5.51. The third kappa shape index (κ3) is 3.82. The van der Waals surface area contributed by atoms with Gasteiger partial charge in [-0.3, -0.25) is 0 Å². The molecule has 0 unspecified atom stereocenters. The first kappa shape index (κ1) is 15.1. The van der Waals surface area contributed by atoms with Crippen molar-refractivity contribution in [3.05, 3.63) is 35.4 Å². The number of ether oxygens (including phenoxy) is 1. The summed E-state index contributed by atoms with van der Waals surface area (Å²) in [4.78, 5) is 0. The Kier molecular flexibility index (Phi) is 4.73. The third-order valence-corrected chi connectivity index (χ3v) is 5.43. The maximum Gasteiger partial charge on any atom is 0.0471 e. The molecule has 0 atom stereocenters. The number of halogens is 1. The first-order valence-electron chi connectivity index (χ1n) is 7.18. The molecule has 0 spiro atoms. The predicted octanol–water partition coefficient (Wildman–Crippen LogP) is 4.72. The van der Waals surface area contributed by atoms with E-state index in [1.165, 1.54) is 24.0 Å². The minimum absolute atomic E-state index is 0.240. The molecule has 1 aromatic carbocycles. The van der Waals surface area contributed by atoms with Crippen molar-refractivity contribution in [2.45, 2.75) is 45.4 Å². The van der Waals surface area contributed by atoms with Crippen molar-refractivity contribution in [1.29, 1.82) is 0 Å². The number of hydrogen-bond acceptors (Lipinski definition) is 1. The van der Waals surface area contributed by atoms with Gasteiger partial charge in [-0.2, -0.15) is 0 Å². The minimum Gasteiger partial charge on any atom is -0.381 e. The average molecular weight is 325 g/mol. The fourth-order valence-corrected chi connectivity index (χ4v) is 3.48. The van der Waals surface area contributed by atoms with E-state index in [-0.39, 0.29) is 5.41 Å². The Morgan fingerprint density at radius 3 is 2.16 bits per heavy atom. The second-order valence-corrected chi connectivity index (χ2v) is 7.43. The Bertz CT molecular complexity index is 396. The van der Waals surface area contributed by atoms with Gasteiger partial charge in [-0.05, 0) is 41.2 Å². The maximum absolute atomic E-state index is 5.51. The van der Waals surface area contributed by atoms with E-state index in [1.807, 2.05) is 0 Å². The van der Waals surface area contributed by atoms with E-state index in [9.17, 15) is 0 Å². The van der Waals surface area contributed by atoms with E-state index < -0.39 is 0 Å². The summed E-state index contributed by atoms with van der Waals surface area (Å²) >= 11 is 3.72. The van der Waals surface area contributed by atoms with Crippen LogP contribution in [0.5, 0.6) is 0 Å². The summed E-state index contributed by atoms with van der Waals surface area (Å²) < 4.78 is 5.51. The van der Waals surface area contributed by atoms with Crippen LogP contribution in [-0.2, 0) is 16.6 Å². The summed E-state index contributed by atoms with van der Waals surface area (Å²) in [5, 5.41) is 1.07. The third-order valence-electron chi connectivity index (χ3n) is 4.24. The number of hydrogen-bond donors (Lipinski definition) is 0. The predicted molar refractivity (Wildman–Crippen MR) is 85.1 cm³/mol. The Labute approximate surface area is 125 Å². The van der Waals surface area contributed by atoms with Crippen LogP contribution in [0.1, 0.15) is 44.7 Å². The second-order valence-electron chi connectivity index (χ2n) is 6.87. The van der Waals surface area contributed by atoms with Crippen molar-refractivity contribution in [2.24, 2.45) is 5.41 Å². The molecule has 0 N–H and O–H groups in total. The summed E-state index contributed by atoms with van der Waals surface area (Å²) in [7, 11) is 0. The quantitative estimate of drug-likeness (QED) is 0.731. The molecule has 1 aliphatic heterocycles. The lowest BCUT2D eigenvalue weighted by Crippen LogP contribution is -2.33. The SMILES string of the molecule is CC(C)(C)c1ccc(CC2(CBr)CCOCC2)cc1. The largest absolute Gasteiger partial charge is 0.381 e. The van der Waals surface area contributed by atoms with Crippen molar-refractivity contribution in [3.8, 4) is 0 Å². The smallest absolute Gasteiger partial charge is 0.0471 e. The lowest BCUT2D eigenvalue weighted by Gasteiger charge is -2.36. The molecule has 1 heterocycles. The van der Waals surface area contributed by atoms with Gasteiger partial charge >= 0.3 is 0 Å². The number of alkyl halides is 1. The van der Waals surface area contributed by atoms with Crippen LogP contribution in [0, 0.1) is 5.41 Å². The Morgan fingerprint density at radius 2 is 1.68 bits per heavy atom. The first-order chi connectivity index (χ1) is 8.95. The average Bonchev–Trinajstić information content (AvgIpc) is 2.39. The number of benzene rings is 1. The molecule has 1 saturated heterocycles. The highest BCUT2D eigenvalue weighted by Crippen LogP contribution is 2.36. The van der Waals surface area contributed by atoms with Crippen molar-refractivity contribution < 1.29 is 4.74 Å². The summed E-state index contributed by atoms with van der Waals surface area (Å²) in [5.74, 6) is 0. The second kappa shape index (κ2) is 5.97. The molecule has 1 fully saturated rings. The lowest BCUT2D eigenvalue weighted by molar-refractivity contribution is 0.0270. The fraction of sp³-hybridized carbons (Fsp3) is 0.647. The number of rotatable bonds is 3. The van der Waals surface area contributed by atoms with Gasteiger partial charge in [0.15, 0.2) is 0 Å².